The molecule has 0 radical (unpaired) electrons. The highest BCUT2D eigenvalue weighted by Gasteiger charge is 2.33. The Morgan fingerprint density at radius 1 is 0.437 bits per heavy atom. The zero-order chi connectivity index (χ0) is 99.6. The molecule has 0 aromatic heterocycles. The van der Waals surface area contributed by atoms with Gasteiger partial charge in [-0.2, -0.15) is 5.48 Å². The number of aromatic carboxylic acids is 1. The summed E-state index contributed by atoms with van der Waals surface area (Å²) in [6, 6.07) is 60.3. The first-order chi connectivity index (χ1) is 64.5. The number of hydroxylamine groups is 4. The summed E-state index contributed by atoms with van der Waals surface area (Å²) < 4.78 is 21.8. The molecule has 9 amide bonds. The average molecular weight is 1950 g/mol. The Kier molecular flexibility index (Phi) is 45.9. The van der Waals surface area contributed by atoms with Gasteiger partial charge in [-0.3, -0.25) is 63.9 Å². The fourth-order valence-electron chi connectivity index (χ4n) is 11.9. The van der Waals surface area contributed by atoms with Gasteiger partial charge < -0.3 is 61.5 Å². The van der Waals surface area contributed by atoms with Crippen LogP contribution in [0.15, 0.2) is 218 Å². The molecule has 37 heteroatoms. The number of non-ortho nitro benzene ring substituents is 2. The van der Waals surface area contributed by atoms with E-state index in [1.807, 2.05) is 101 Å². The first-order valence-electron chi connectivity index (χ1n) is 40.2. The maximum absolute atomic E-state index is 12.5. The molecule has 0 bridgehead atoms. The molecule has 2 aliphatic carbocycles. The molecule has 3 atom stereocenters. The van der Waals surface area contributed by atoms with Crippen LogP contribution >= 0.6 is 22.6 Å². The fraction of sp³-hybridized carbons (Fsp3) is 0.224. The zero-order valence-electron chi connectivity index (χ0n) is 74.6. The van der Waals surface area contributed by atoms with Gasteiger partial charge in [-0.1, -0.05) is 133 Å². The van der Waals surface area contributed by atoms with Gasteiger partial charge in [-0.05, 0) is 229 Å². The van der Waals surface area contributed by atoms with Crippen LogP contribution in [-0.2, 0) is 47.8 Å². The molecule has 0 saturated carbocycles. The molecule has 0 unspecified atom stereocenters. The smallest absolute Gasteiger partial charge is 0.431 e. The van der Waals surface area contributed by atoms with Crippen molar-refractivity contribution in [3.8, 4) is 94.3 Å². The monoisotopic (exact) mass is 1950 g/mol. The Balaban J connectivity index is 0.000000295. The summed E-state index contributed by atoms with van der Waals surface area (Å²) >= 11 is 2.03. The van der Waals surface area contributed by atoms with Crippen molar-refractivity contribution in [1.29, 1.82) is 0 Å². The SMILES string of the molecule is C#CC#Cc1ccc(C(=O)N[C@@H](CNC(=O)OC(C)(C)C)C(=O)NOC)cc1.C#CC#Cc1ccc(C(=O)O)cc1.CO.CONC(=O)OCC1c2ccccc2-c2ccccc21.CONC(=O)[C@H](CNC(=O)OC(C)(C)C)NC(=O)OCC1c2ccccc2-c2ccccc21.NC[C@H](NC(=O)c1ccc(C#CC#Cc2cccc([N+](=O)[O-])c2)cc1)C(=O)NO.O=[N+]([O-])c1cccc(I)c1. The van der Waals surface area contributed by atoms with Crippen LogP contribution in [0.2, 0.25) is 0 Å². The molecule has 0 fully saturated rings. The number of carboxylic acid groups (broad SMARTS) is 1. The van der Waals surface area contributed by atoms with Crippen LogP contribution in [0.1, 0.15) is 129 Å². The van der Waals surface area contributed by atoms with Crippen LogP contribution in [0.3, 0.4) is 0 Å². The Labute approximate surface area is 791 Å². The zero-order valence-corrected chi connectivity index (χ0v) is 76.8. The number of rotatable bonds is 23. The summed E-state index contributed by atoms with van der Waals surface area (Å²) in [6.45, 7) is 10.1. The largest absolute Gasteiger partial charge is 0.478 e. The van der Waals surface area contributed by atoms with Crippen molar-refractivity contribution < 1.29 is 107 Å². The number of hydrogen-bond acceptors (Lipinski definition) is 24. The number of alkyl carbamates (subject to hydrolysis) is 3. The predicted molar refractivity (Wildman–Crippen MR) is 506 cm³/mol. The third-order valence-corrected chi connectivity index (χ3v) is 18.4. The number of aliphatic hydroxyl groups excluding tert-OH is 1. The van der Waals surface area contributed by atoms with E-state index in [4.69, 9.17) is 52.9 Å². The van der Waals surface area contributed by atoms with Gasteiger partial charge in [0, 0.05) is 86.7 Å². The molecule has 0 saturated heterocycles. The van der Waals surface area contributed by atoms with Gasteiger partial charge in [0.1, 0.15) is 42.5 Å². The number of carboxylic acids is 1. The molecule has 14 N–H and O–H groups in total. The lowest BCUT2D eigenvalue weighted by Gasteiger charge is -2.22. The molecule has 9 aromatic carbocycles. The lowest BCUT2D eigenvalue weighted by atomic mass is 9.98. The Hall–Kier alpha value is -16.5. The number of nitrogens with zero attached hydrogens (tertiary/aromatic N) is 2. The minimum Gasteiger partial charge on any atom is -0.478 e. The van der Waals surface area contributed by atoms with Crippen molar-refractivity contribution in [1.82, 2.24) is 48.5 Å². The Morgan fingerprint density at radius 3 is 1.13 bits per heavy atom. The van der Waals surface area contributed by atoms with E-state index < -0.39 is 99.1 Å². The van der Waals surface area contributed by atoms with E-state index in [1.165, 1.54) is 97.6 Å². The second kappa shape index (κ2) is 56.9. The Bertz CT molecular complexity index is 5910. The normalized spacial score (nSPS) is 11.2. The summed E-state index contributed by atoms with van der Waals surface area (Å²) in [6.07, 6.45) is 7.21. The number of carbonyl (C=O) groups excluding carboxylic acids is 9. The molecule has 36 nitrogen and oxygen atoms in total. The van der Waals surface area contributed by atoms with Crippen molar-refractivity contribution >= 4 is 93.8 Å². The summed E-state index contributed by atoms with van der Waals surface area (Å²) in [4.78, 5) is 152. The quantitative estimate of drug-likeness (QED) is 0.00706. The number of nitrogens with two attached hydrogens (primary N) is 1. The molecule has 135 heavy (non-hydrogen) atoms. The van der Waals surface area contributed by atoms with Crippen molar-refractivity contribution in [2.75, 3.05) is 61.3 Å². The van der Waals surface area contributed by atoms with Crippen molar-refractivity contribution in [3.05, 3.63) is 303 Å². The summed E-state index contributed by atoms with van der Waals surface area (Å²) in [5.41, 5.74) is 24.4. The second-order valence-electron chi connectivity index (χ2n) is 29.4. The average Bonchev–Trinajstić information content (AvgIpc) is 1.62. The number of terminal acetylenes is 2. The highest BCUT2D eigenvalue weighted by atomic mass is 127. The number of halogens is 1. The topological polar surface area (TPSA) is 517 Å². The number of nitro benzene ring substituents is 2. The number of carbonyl (C=O) groups is 10. The van der Waals surface area contributed by atoms with Gasteiger partial charge in [0.05, 0.1) is 49.8 Å². The number of hydrogen-bond donors (Lipinski definition) is 13. The van der Waals surface area contributed by atoms with Crippen LogP contribution in [-0.4, -0.2) is 176 Å². The summed E-state index contributed by atoms with van der Waals surface area (Å²) in [5, 5.41) is 57.4. The van der Waals surface area contributed by atoms with Crippen molar-refractivity contribution in [2.45, 2.75) is 82.7 Å². The highest BCUT2D eigenvalue weighted by molar-refractivity contribution is 14.1. The standard InChI is InChI=1S/C24H29N3O6.C20H16N4O5.C20H23N3O5.C16H15NO3.C11H6O2.C6H4INO2.CH4O/c1-24(2,3)33-22(29)25-13-20(21(28)27-31-4)26-23(30)32-14-19-17-11-7-5-9-15(17)16-10-6-8-12-18(16)19;21-13-18(20(26)23-27)22-19(25)16-10-8-14(9-11-16)4-1-2-5-15-6-3-7-17(12-15)24(28)29;1-6-7-8-14-9-11-15(12-10-14)17(24)22-16(18(25)23-27-5)13-21-19(26)28-20(2,3)4;1-19-17-16(18)20-10-15-13-8-4-2-6-11(13)12-7-3-5-9-14(12)15;1-2-3-4-9-5-7-10(8-6-9)11(12)13;7-5-2-1-3-6(4-5)8(9)10;1-2/h5-12,19-20H,13-14H2,1-4H3,(H,25,29)(H,26,30)(H,27,28);3,6-12,18,27H,13,21H2,(H,22,25)(H,23,26);1,9-12,16H,13H2,2-5H3,(H,21,26)(H,22,24)(H,23,25);2-9,15H,10H2,1H3,(H,17,18);1,5-8H,(H,12,13);1-4H;2H,1H3/t20-;18-;16-;;;;/m000..../s1. The highest BCUT2D eigenvalue weighted by Crippen LogP contribution is 2.46. The van der Waals surface area contributed by atoms with Gasteiger partial charge in [-0.25, -0.2) is 40.4 Å². The number of benzene rings is 9. The number of fused-ring (bicyclic) bond motifs is 6. The predicted octanol–water partition coefficient (Wildman–Crippen LogP) is 10.9. The van der Waals surface area contributed by atoms with E-state index in [0.717, 1.165) is 32.9 Å². The Morgan fingerprint density at radius 2 is 0.785 bits per heavy atom. The summed E-state index contributed by atoms with van der Waals surface area (Å²) in [5.74, 6) is 21.3. The maximum atomic E-state index is 12.5. The van der Waals surface area contributed by atoms with Crippen molar-refractivity contribution in [3.63, 3.8) is 0 Å². The van der Waals surface area contributed by atoms with E-state index in [-0.39, 0.29) is 60.6 Å². The van der Waals surface area contributed by atoms with Gasteiger partial charge >= 0.3 is 30.3 Å². The van der Waals surface area contributed by atoms with Crippen LogP contribution in [0, 0.1) is 95.8 Å². The minimum atomic E-state index is -1.13. The molecule has 9 aromatic rings. The molecular weight excluding hydrogens is 1860 g/mol. The maximum Gasteiger partial charge on any atom is 0.431 e. The number of aliphatic hydroxyl groups is 1. The van der Waals surface area contributed by atoms with Crippen LogP contribution < -0.4 is 54.2 Å². The van der Waals surface area contributed by atoms with E-state index in [9.17, 15) is 68.2 Å². The molecule has 11 rings (SSSR count). The van der Waals surface area contributed by atoms with E-state index in [2.05, 4.69) is 141 Å². The molecule has 0 spiro atoms. The third-order valence-electron chi connectivity index (χ3n) is 17.7. The number of amides is 9. The van der Waals surface area contributed by atoms with Crippen molar-refractivity contribution in [2.24, 2.45) is 5.73 Å². The minimum absolute atomic E-state index is 0.0491. The lowest BCUT2D eigenvalue weighted by molar-refractivity contribution is -0.385. The molecule has 2 aliphatic rings. The summed E-state index contributed by atoms with van der Waals surface area (Å²) in [7, 11) is 4.90. The van der Waals surface area contributed by atoms with Gasteiger partial charge in [0.2, 0.25) is 0 Å². The van der Waals surface area contributed by atoms with Crippen LogP contribution in [0.25, 0.3) is 22.3 Å². The van der Waals surface area contributed by atoms with Crippen LogP contribution in [0.5, 0.6) is 0 Å². The number of nitrogens with one attached hydrogen (secondary N) is 9. The van der Waals surface area contributed by atoms with Gasteiger partial charge in [-0.15, -0.1) is 12.8 Å². The first kappa shape index (κ1) is 109. The molecule has 0 aliphatic heterocycles. The molecular formula is C98H97IN12O24. The second-order valence-corrected chi connectivity index (χ2v) is 30.6. The number of nitro groups is 2. The van der Waals surface area contributed by atoms with Gasteiger partial charge in [0.25, 0.3) is 40.9 Å². The van der Waals surface area contributed by atoms with E-state index in [0.29, 0.717) is 34.4 Å². The molecule has 0 heterocycles. The van der Waals surface area contributed by atoms with Gasteiger partial charge in [0.15, 0.2) is 0 Å². The van der Waals surface area contributed by atoms with E-state index >= 15 is 0 Å². The first-order valence-corrected chi connectivity index (χ1v) is 41.3. The van der Waals surface area contributed by atoms with E-state index in [1.54, 1.807) is 108 Å². The fourth-order valence-corrected chi connectivity index (χ4v) is 12.4. The lowest BCUT2D eigenvalue weighted by Crippen LogP contribution is -2.53. The van der Waals surface area contributed by atoms with Crippen LogP contribution in [0.4, 0.5) is 30.6 Å². The molecule has 700 valence electrons. The third kappa shape index (κ3) is 37.9. The number of ether oxygens (including phenoxy) is 4.